The fourth-order valence-corrected chi connectivity index (χ4v) is 3.87. The van der Waals surface area contributed by atoms with Crippen molar-refractivity contribution in [2.24, 2.45) is 11.1 Å². The topological polar surface area (TPSA) is 126 Å². The molecule has 2 atom stereocenters. The van der Waals surface area contributed by atoms with Gasteiger partial charge in [0.25, 0.3) is 0 Å². The normalized spacial score (nSPS) is 19.9. The minimum absolute atomic E-state index is 0. The second-order valence-electron chi connectivity index (χ2n) is 7.73. The molecule has 0 aliphatic carbocycles. The van der Waals surface area contributed by atoms with Crippen molar-refractivity contribution >= 4 is 30.1 Å². The van der Waals surface area contributed by atoms with Crippen LogP contribution in [0.2, 0.25) is 0 Å². The molecule has 1 saturated heterocycles. The van der Waals surface area contributed by atoms with Gasteiger partial charge in [0.1, 0.15) is 23.6 Å². The van der Waals surface area contributed by atoms with Crippen molar-refractivity contribution in [2.75, 3.05) is 26.9 Å². The van der Waals surface area contributed by atoms with Gasteiger partial charge < -0.3 is 25.2 Å². The zero-order valence-corrected chi connectivity index (χ0v) is 18.9. The average Bonchev–Trinajstić information content (AvgIpc) is 3.03. The predicted octanol–water partition coefficient (Wildman–Crippen LogP) is 2.21. The number of rotatable bonds is 8. The predicted molar refractivity (Wildman–Crippen MR) is 123 cm³/mol. The van der Waals surface area contributed by atoms with E-state index in [9.17, 15) is 14.7 Å². The third kappa shape index (κ3) is 5.03. The first kappa shape index (κ1) is 25.2. The fourth-order valence-electron chi connectivity index (χ4n) is 3.87. The van der Waals surface area contributed by atoms with Gasteiger partial charge in [0.2, 0.25) is 5.91 Å². The van der Waals surface area contributed by atoms with Gasteiger partial charge in [0.15, 0.2) is 0 Å². The molecular formula is C23H28ClN3O5. The Labute approximate surface area is 193 Å². The highest BCUT2D eigenvalue weighted by atomic mass is 35.5. The highest BCUT2D eigenvalue weighted by molar-refractivity contribution is 6.04. The Balaban J connectivity index is 0.00000363. The third-order valence-corrected chi connectivity index (χ3v) is 5.62. The number of likely N-dealkylation sites (tertiary alicyclic amines) is 1. The number of amidine groups is 1. The van der Waals surface area contributed by atoms with Gasteiger partial charge in [-0.05, 0) is 36.6 Å². The number of nitrogens with two attached hydrogens (primary N) is 1. The molecule has 1 aliphatic heterocycles. The van der Waals surface area contributed by atoms with Gasteiger partial charge in [0.05, 0.1) is 19.8 Å². The highest BCUT2D eigenvalue weighted by Crippen LogP contribution is 2.37. The van der Waals surface area contributed by atoms with Gasteiger partial charge in [0, 0.05) is 12.1 Å². The van der Waals surface area contributed by atoms with Crippen LogP contribution in [0.1, 0.15) is 18.9 Å². The number of β-amino-alcohol motifs (C(OH)–C–C–N with tert-alkyl or cyclic N) is 1. The van der Waals surface area contributed by atoms with Gasteiger partial charge in [-0.1, -0.05) is 36.4 Å². The average molecular weight is 462 g/mol. The minimum Gasteiger partial charge on any atom is -0.491 e. The summed E-state index contributed by atoms with van der Waals surface area (Å²) in [5.74, 6) is -0.277. The number of hydrogen-bond acceptors (Lipinski definition) is 6. The Hall–Kier alpha value is -3.10. The first-order chi connectivity index (χ1) is 14.8. The summed E-state index contributed by atoms with van der Waals surface area (Å²) in [6.07, 6.45) is 0.263. The van der Waals surface area contributed by atoms with Crippen molar-refractivity contribution < 1.29 is 24.2 Å². The molecule has 3 rings (SSSR count). The number of nitrogens with one attached hydrogen (secondary N) is 1. The van der Waals surface area contributed by atoms with E-state index in [0.29, 0.717) is 11.3 Å². The van der Waals surface area contributed by atoms with E-state index in [2.05, 4.69) is 0 Å². The number of aliphatic hydroxyl groups is 1. The van der Waals surface area contributed by atoms with Crippen LogP contribution in [-0.2, 0) is 14.3 Å². The lowest BCUT2D eigenvalue weighted by atomic mass is 9.87. The maximum Gasteiger partial charge on any atom is 0.321 e. The largest absolute Gasteiger partial charge is 0.491 e. The summed E-state index contributed by atoms with van der Waals surface area (Å²) in [6, 6.07) is 14.6. The summed E-state index contributed by atoms with van der Waals surface area (Å²) in [5.41, 5.74) is 6.86. The molecule has 1 aliphatic rings. The Morgan fingerprint density at radius 1 is 1.19 bits per heavy atom. The molecule has 1 heterocycles. The lowest BCUT2D eigenvalue weighted by molar-refractivity contribution is -0.157. The molecule has 32 heavy (non-hydrogen) atoms. The van der Waals surface area contributed by atoms with Crippen LogP contribution >= 0.6 is 12.4 Å². The molecule has 4 N–H and O–H groups in total. The summed E-state index contributed by atoms with van der Waals surface area (Å²) in [4.78, 5) is 26.4. The number of ether oxygens (including phenoxy) is 2. The van der Waals surface area contributed by atoms with Crippen molar-refractivity contribution in [2.45, 2.75) is 19.4 Å². The van der Waals surface area contributed by atoms with Crippen molar-refractivity contribution in [3.05, 3.63) is 54.1 Å². The summed E-state index contributed by atoms with van der Waals surface area (Å²) < 4.78 is 10.7. The SMILES string of the molecule is COC(=O)[C@@]1(C)C[C@@H](COc2ccc(-c3ccc(C(=N)N)cc3)cc2)N(CCO)C1=O.Cl. The molecule has 2 aromatic rings. The summed E-state index contributed by atoms with van der Waals surface area (Å²) in [7, 11) is 1.26. The molecular weight excluding hydrogens is 434 g/mol. The molecule has 8 nitrogen and oxygen atoms in total. The van der Waals surface area contributed by atoms with E-state index >= 15 is 0 Å². The molecule has 2 aromatic carbocycles. The lowest BCUT2D eigenvalue weighted by Gasteiger charge is -2.24. The first-order valence-electron chi connectivity index (χ1n) is 9.98. The van der Waals surface area contributed by atoms with E-state index in [4.69, 9.17) is 20.6 Å². The van der Waals surface area contributed by atoms with Crippen molar-refractivity contribution in [3.63, 3.8) is 0 Å². The molecule has 0 unspecified atom stereocenters. The zero-order chi connectivity index (χ0) is 22.6. The molecule has 1 amide bonds. The van der Waals surface area contributed by atoms with Crippen LogP contribution in [0.25, 0.3) is 11.1 Å². The second kappa shape index (κ2) is 10.5. The summed E-state index contributed by atoms with van der Waals surface area (Å²) in [5, 5.41) is 16.8. The summed E-state index contributed by atoms with van der Waals surface area (Å²) in [6.45, 7) is 1.70. The van der Waals surface area contributed by atoms with E-state index < -0.39 is 11.4 Å². The lowest BCUT2D eigenvalue weighted by Crippen LogP contribution is -2.42. The maximum absolute atomic E-state index is 12.7. The third-order valence-electron chi connectivity index (χ3n) is 5.62. The standard InChI is InChI=1S/C23H27N3O5.ClH/c1-23(22(29)30-2)13-18(26(11-12-27)21(23)28)14-31-19-9-7-16(8-10-19)15-3-5-17(6-4-15)20(24)25;/h3-10,18,27H,11-14H2,1-2H3,(H3,24,25);1H/t18-,23-;/m0./s1. The highest BCUT2D eigenvalue weighted by Gasteiger charge is 2.54. The fraction of sp³-hybridized carbons (Fsp3) is 0.348. The molecule has 0 saturated carbocycles. The summed E-state index contributed by atoms with van der Waals surface area (Å²) >= 11 is 0. The van der Waals surface area contributed by atoms with Crippen molar-refractivity contribution in [1.82, 2.24) is 4.90 Å². The second-order valence-corrected chi connectivity index (χ2v) is 7.73. The first-order valence-corrected chi connectivity index (χ1v) is 9.98. The number of methoxy groups -OCH3 is 1. The van der Waals surface area contributed by atoms with Crippen LogP contribution in [0, 0.1) is 10.8 Å². The number of carbonyl (C=O) groups is 2. The molecule has 0 radical (unpaired) electrons. The van der Waals surface area contributed by atoms with E-state index in [0.717, 1.165) is 11.1 Å². The number of carbonyl (C=O) groups excluding carboxylic acids is 2. The van der Waals surface area contributed by atoms with Crippen LogP contribution in [0.5, 0.6) is 5.75 Å². The van der Waals surface area contributed by atoms with E-state index in [1.807, 2.05) is 36.4 Å². The Bertz CT molecular complexity index is 965. The molecule has 0 aromatic heterocycles. The number of nitrogen functional groups attached to an aromatic ring is 1. The minimum atomic E-state index is -1.27. The zero-order valence-electron chi connectivity index (χ0n) is 18.0. The van der Waals surface area contributed by atoms with Crippen molar-refractivity contribution in [1.29, 1.82) is 5.41 Å². The number of esters is 1. The quantitative estimate of drug-likeness (QED) is 0.239. The van der Waals surface area contributed by atoms with Crippen LogP contribution < -0.4 is 10.5 Å². The van der Waals surface area contributed by atoms with Gasteiger partial charge in [-0.3, -0.25) is 15.0 Å². The van der Waals surface area contributed by atoms with Crippen molar-refractivity contribution in [3.8, 4) is 16.9 Å². The van der Waals surface area contributed by atoms with Gasteiger partial charge in [-0.2, -0.15) is 0 Å². The molecule has 9 heteroatoms. The van der Waals surface area contributed by atoms with Crippen LogP contribution in [0.3, 0.4) is 0 Å². The number of aliphatic hydroxyl groups excluding tert-OH is 1. The van der Waals surface area contributed by atoms with Crippen LogP contribution in [0.15, 0.2) is 48.5 Å². The monoisotopic (exact) mass is 461 g/mol. The van der Waals surface area contributed by atoms with Gasteiger partial charge in [-0.15, -0.1) is 12.4 Å². The maximum atomic E-state index is 12.7. The Kier molecular flexibility index (Phi) is 8.24. The number of benzene rings is 2. The van der Waals surface area contributed by atoms with Crippen LogP contribution in [0.4, 0.5) is 0 Å². The molecule has 0 bridgehead atoms. The molecule has 1 fully saturated rings. The number of hydrogen-bond donors (Lipinski definition) is 3. The van der Waals surface area contributed by atoms with E-state index in [1.165, 1.54) is 12.0 Å². The Morgan fingerprint density at radius 2 is 1.75 bits per heavy atom. The smallest absolute Gasteiger partial charge is 0.321 e. The van der Waals surface area contributed by atoms with E-state index in [1.54, 1.807) is 19.1 Å². The van der Waals surface area contributed by atoms with Gasteiger partial charge >= 0.3 is 5.97 Å². The van der Waals surface area contributed by atoms with Crippen LogP contribution in [-0.4, -0.2) is 60.6 Å². The van der Waals surface area contributed by atoms with Gasteiger partial charge in [-0.25, -0.2) is 0 Å². The molecule has 0 spiro atoms. The number of halogens is 1. The molecule has 172 valence electrons. The number of nitrogens with zero attached hydrogens (tertiary/aromatic N) is 1. The number of amides is 1. The van der Waals surface area contributed by atoms with E-state index in [-0.39, 0.29) is 56.4 Å². The Morgan fingerprint density at radius 3 is 2.25 bits per heavy atom.